The Labute approximate surface area is 120 Å². The summed E-state index contributed by atoms with van der Waals surface area (Å²) in [5.41, 5.74) is -0.498. The minimum atomic E-state index is -0.810. The minimum Gasteiger partial charge on any atom is -0.465 e. The molecule has 0 spiro atoms. The number of esters is 2. The fourth-order valence-electron chi connectivity index (χ4n) is 1.84. The van der Waals surface area contributed by atoms with E-state index in [0.29, 0.717) is 5.69 Å². The van der Waals surface area contributed by atoms with E-state index in [1.54, 1.807) is 24.3 Å². The van der Waals surface area contributed by atoms with Crippen LogP contribution in [-0.2, 0) is 9.47 Å². The van der Waals surface area contributed by atoms with E-state index in [2.05, 4.69) is 9.47 Å². The monoisotopic (exact) mass is 287 g/mol. The first-order valence-electron chi connectivity index (χ1n) is 6.07. The van der Waals surface area contributed by atoms with E-state index >= 15 is 0 Å². The van der Waals surface area contributed by atoms with Gasteiger partial charge in [0.05, 0.1) is 14.2 Å². The van der Waals surface area contributed by atoms with E-state index in [1.807, 2.05) is 6.07 Å². The molecule has 21 heavy (non-hydrogen) atoms. The number of aromatic nitrogens is 1. The Morgan fingerprint density at radius 1 is 0.905 bits per heavy atom. The van der Waals surface area contributed by atoms with E-state index < -0.39 is 17.4 Å². The largest absolute Gasteiger partial charge is 0.465 e. The highest BCUT2D eigenvalue weighted by Gasteiger charge is 2.20. The SMILES string of the molecule is COC(=O)c1cn(-c2ccccc2)cc(C(=O)OC)c1=O. The molecule has 0 saturated carbocycles. The summed E-state index contributed by atoms with van der Waals surface area (Å²) in [5, 5.41) is 0. The van der Waals surface area contributed by atoms with Gasteiger partial charge in [0, 0.05) is 18.1 Å². The molecule has 2 aromatic rings. The maximum atomic E-state index is 12.1. The van der Waals surface area contributed by atoms with Crippen molar-refractivity contribution in [3.8, 4) is 5.69 Å². The molecule has 6 heteroatoms. The van der Waals surface area contributed by atoms with Gasteiger partial charge in [-0.15, -0.1) is 0 Å². The van der Waals surface area contributed by atoms with Crippen LogP contribution < -0.4 is 5.43 Å². The van der Waals surface area contributed by atoms with Crippen LogP contribution in [0.15, 0.2) is 47.5 Å². The fraction of sp³-hybridized carbons (Fsp3) is 0.133. The molecule has 0 aliphatic rings. The number of hydrogen-bond donors (Lipinski definition) is 0. The van der Waals surface area contributed by atoms with Crippen molar-refractivity contribution in [2.75, 3.05) is 14.2 Å². The number of methoxy groups -OCH3 is 2. The van der Waals surface area contributed by atoms with Crippen LogP contribution >= 0.6 is 0 Å². The summed E-state index contributed by atoms with van der Waals surface area (Å²) in [4.78, 5) is 35.5. The molecule has 1 aromatic heterocycles. The summed E-state index contributed by atoms with van der Waals surface area (Å²) in [7, 11) is 2.33. The van der Waals surface area contributed by atoms with Crippen molar-refractivity contribution in [1.29, 1.82) is 0 Å². The second-order valence-corrected chi connectivity index (χ2v) is 4.14. The van der Waals surface area contributed by atoms with E-state index in [1.165, 1.54) is 31.2 Å². The van der Waals surface area contributed by atoms with Crippen LogP contribution in [0.3, 0.4) is 0 Å². The van der Waals surface area contributed by atoms with Crippen LogP contribution in [-0.4, -0.2) is 30.7 Å². The fourth-order valence-corrected chi connectivity index (χ4v) is 1.84. The molecule has 6 nitrogen and oxygen atoms in total. The van der Waals surface area contributed by atoms with Crippen molar-refractivity contribution in [3.05, 3.63) is 64.1 Å². The van der Waals surface area contributed by atoms with Crippen LogP contribution in [0.25, 0.3) is 5.69 Å². The number of hydrogen-bond acceptors (Lipinski definition) is 5. The van der Waals surface area contributed by atoms with Crippen molar-refractivity contribution in [2.24, 2.45) is 0 Å². The van der Waals surface area contributed by atoms with E-state index in [0.717, 1.165) is 0 Å². The topological polar surface area (TPSA) is 74.6 Å². The highest BCUT2D eigenvalue weighted by atomic mass is 16.5. The average molecular weight is 287 g/mol. The van der Waals surface area contributed by atoms with Gasteiger partial charge in [-0.25, -0.2) is 9.59 Å². The third-order valence-electron chi connectivity index (χ3n) is 2.89. The second-order valence-electron chi connectivity index (χ2n) is 4.14. The molecule has 0 N–H and O–H groups in total. The summed E-state index contributed by atoms with van der Waals surface area (Å²) in [6.45, 7) is 0. The Morgan fingerprint density at radius 3 is 1.81 bits per heavy atom. The quantitative estimate of drug-likeness (QED) is 0.798. The van der Waals surface area contributed by atoms with Crippen molar-refractivity contribution in [2.45, 2.75) is 0 Å². The molecule has 1 heterocycles. The van der Waals surface area contributed by atoms with Crippen LogP contribution in [0.2, 0.25) is 0 Å². The minimum absolute atomic E-state index is 0.232. The molecule has 2 rings (SSSR count). The molecule has 0 amide bonds. The third-order valence-corrected chi connectivity index (χ3v) is 2.89. The van der Waals surface area contributed by atoms with Gasteiger partial charge in [-0.3, -0.25) is 4.79 Å². The Bertz CT molecular complexity index is 693. The Kier molecular flexibility index (Phi) is 4.18. The first-order chi connectivity index (χ1) is 10.1. The van der Waals surface area contributed by atoms with Gasteiger partial charge < -0.3 is 14.0 Å². The number of carbonyl (C=O) groups is 2. The lowest BCUT2D eigenvalue weighted by Gasteiger charge is -2.10. The molecule has 0 radical (unpaired) electrons. The second kappa shape index (κ2) is 6.04. The highest BCUT2D eigenvalue weighted by molar-refractivity contribution is 5.94. The van der Waals surface area contributed by atoms with Crippen LogP contribution in [0.1, 0.15) is 20.7 Å². The van der Waals surface area contributed by atoms with Gasteiger partial charge in [0.15, 0.2) is 0 Å². The van der Waals surface area contributed by atoms with Crippen molar-refractivity contribution in [3.63, 3.8) is 0 Å². The first kappa shape index (κ1) is 14.5. The van der Waals surface area contributed by atoms with Gasteiger partial charge >= 0.3 is 11.9 Å². The zero-order valence-electron chi connectivity index (χ0n) is 11.5. The van der Waals surface area contributed by atoms with E-state index in [9.17, 15) is 14.4 Å². The Balaban J connectivity index is 2.71. The molecule has 0 unspecified atom stereocenters. The van der Waals surface area contributed by atoms with Crippen molar-refractivity contribution < 1.29 is 19.1 Å². The molecule has 0 aliphatic heterocycles. The summed E-state index contributed by atoms with van der Waals surface area (Å²) in [5.74, 6) is -1.62. The average Bonchev–Trinajstić information content (AvgIpc) is 2.54. The highest BCUT2D eigenvalue weighted by Crippen LogP contribution is 2.10. The zero-order valence-corrected chi connectivity index (χ0v) is 11.5. The molecular formula is C15H13NO5. The maximum absolute atomic E-state index is 12.1. The third kappa shape index (κ3) is 2.84. The maximum Gasteiger partial charge on any atom is 0.343 e. The molecule has 0 atom stereocenters. The van der Waals surface area contributed by atoms with Gasteiger partial charge in [0.1, 0.15) is 11.1 Å². The lowest BCUT2D eigenvalue weighted by Crippen LogP contribution is -2.25. The molecule has 0 bridgehead atoms. The normalized spacial score (nSPS) is 10.0. The van der Waals surface area contributed by atoms with E-state index in [4.69, 9.17) is 0 Å². The molecule has 108 valence electrons. The molecule has 0 fully saturated rings. The van der Waals surface area contributed by atoms with Gasteiger partial charge in [-0.05, 0) is 12.1 Å². The summed E-state index contributed by atoms with van der Waals surface area (Å²) in [6.07, 6.45) is 2.66. The standard InChI is InChI=1S/C15H13NO5/c1-20-14(18)11-8-16(10-6-4-3-5-7-10)9-12(13(11)17)15(19)21-2/h3-9H,1-2H3. The summed E-state index contributed by atoms with van der Waals surface area (Å²) in [6, 6.07) is 8.96. The Hall–Kier alpha value is -2.89. The molecular weight excluding hydrogens is 274 g/mol. The van der Waals surface area contributed by atoms with Gasteiger partial charge in [-0.1, -0.05) is 18.2 Å². The van der Waals surface area contributed by atoms with Gasteiger partial charge in [0.2, 0.25) is 5.43 Å². The van der Waals surface area contributed by atoms with Crippen LogP contribution in [0.4, 0.5) is 0 Å². The smallest absolute Gasteiger partial charge is 0.343 e. The van der Waals surface area contributed by atoms with Crippen molar-refractivity contribution in [1.82, 2.24) is 4.57 Å². The van der Waals surface area contributed by atoms with Crippen LogP contribution in [0.5, 0.6) is 0 Å². The first-order valence-corrected chi connectivity index (χ1v) is 6.07. The Morgan fingerprint density at radius 2 is 1.38 bits per heavy atom. The van der Waals surface area contributed by atoms with E-state index in [-0.39, 0.29) is 11.1 Å². The predicted octanol–water partition coefficient (Wildman–Crippen LogP) is 1.41. The van der Waals surface area contributed by atoms with Gasteiger partial charge in [-0.2, -0.15) is 0 Å². The van der Waals surface area contributed by atoms with Crippen LogP contribution in [0, 0.1) is 0 Å². The number of rotatable bonds is 3. The number of para-hydroxylation sites is 1. The number of nitrogens with zero attached hydrogens (tertiary/aromatic N) is 1. The number of carbonyl (C=O) groups excluding carboxylic acids is 2. The molecule has 0 aliphatic carbocycles. The zero-order chi connectivity index (χ0) is 15.4. The molecule has 0 saturated heterocycles. The number of ether oxygens (including phenoxy) is 2. The lowest BCUT2D eigenvalue weighted by molar-refractivity contribution is 0.0595. The van der Waals surface area contributed by atoms with Crippen molar-refractivity contribution >= 4 is 11.9 Å². The molecule has 1 aromatic carbocycles. The summed E-state index contributed by atoms with van der Waals surface area (Å²) >= 11 is 0. The number of benzene rings is 1. The summed E-state index contributed by atoms with van der Waals surface area (Å²) < 4.78 is 10.6. The lowest BCUT2D eigenvalue weighted by atomic mass is 10.1. The predicted molar refractivity (Wildman–Crippen MR) is 74.7 cm³/mol. The van der Waals surface area contributed by atoms with Gasteiger partial charge in [0.25, 0.3) is 0 Å². The number of pyridine rings is 1.